The summed E-state index contributed by atoms with van der Waals surface area (Å²) in [6, 6.07) is 7.86. The molecule has 0 aliphatic heterocycles. The van der Waals surface area contributed by atoms with Crippen LogP contribution in [0.1, 0.15) is 36.7 Å². The lowest BCUT2D eigenvalue weighted by Gasteiger charge is -2.06. The van der Waals surface area contributed by atoms with Gasteiger partial charge in [0.05, 0.1) is 5.52 Å². The summed E-state index contributed by atoms with van der Waals surface area (Å²) in [7, 11) is 0. The summed E-state index contributed by atoms with van der Waals surface area (Å²) < 4.78 is 1.67. The van der Waals surface area contributed by atoms with E-state index in [2.05, 4.69) is 0 Å². The zero-order chi connectivity index (χ0) is 11.7. The molecule has 1 atom stereocenters. The van der Waals surface area contributed by atoms with Crippen molar-refractivity contribution in [2.24, 2.45) is 5.73 Å². The third kappa shape index (κ3) is 1.63. The third-order valence-electron chi connectivity index (χ3n) is 2.92. The largest absolute Gasteiger partial charge is 0.324 e. The van der Waals surface area contributed by atoms with Crippen LogP contribution >= 0.6 is 0 Å². The fourth-order valence-electron chi connectivity index (χ4n) is 1.98. The van der Waals surface area contributed by atoms with E-state index in [0.717, 1.165) is 22.9 Å². The van der Waals surface area contributed by atoms with Gasteiger partial charge in [0, 0.05) is 24.5 Å². The molecule has 3 nitrogen and oxygen atoms in total. The van der Waals surface area contributed by atoms with Crippen molar-refractivity contribution in [2.45, 2.75) is 26.3 Å². The maximum absolute atomic E-state index is 11.5. The fraction of sp³-hybridized carbons (Fsp3) is 0.308. The Labute approximate surface area is 94.9 Å². The first-order valence-electron chi connectivity index (χ1n) is 5.51. The monoisotopic (exact) mass is 216 g/mol. The van der Waals surface area contributed by atoms with E-state index in [1.807, 2.05) is 37.4 Å². The predicted octanol–water partition coefficient (Wildman–Crippen LogP) is 2.71. The number of aromatic nitrogens is 1. The Kier molecular flexibility index (Phi) is 2.79. The van der Waals surface area contributed by atoms with Crippen LogP contribution in [-0.2, 0) is 0 Å². The Morgan fingerprint density at radius 1 is 1.44 bits per heavy atom. The summed E-state index contributed by atoms with van der Waals surface area (Å²) in [5, 5.41) is 1.08. The smallest absolute Gasteiger partial charge is 0.227 e. The van der Waals surface area contributed by atoms with Crippen LogP contribution in [0.15, 0.2) is 30.5 Å². The van der Waals surface area contributed by atoms with Crippen LogP contribution < -0.4 is 5.73 Å². The van der Waals surface area contributed by atoms with Gasteiger partial charge in [-0.2, -0.15) is 0 Å². The number of carbonyl (C=O) groups excluding carboxylic acids is 1. The van der Waals surface area contributed by atoms with E-state index in [0.29, 0.717) is 0 Å². The van der Waals surface area contributed by atoms with Gasteiger partial charge in [-0.25, -0.2) is 0 Å². The van der Waals surface area contributed by atoms with E-state index in [4.69, 9.17) is 5.73 Å². The molecular weight excluding hydrogens is 200 g/mol. The number of fused-ring (bicyclic) bond motifs is 1. The van der Waals surface area contributed by atoms with E-state index < -0.39 is 0 Å². The second kappa shape index (κ2) is 4.10. The van der Waals surface area contributed by atoms with Crippen LogP contribution in [0.25, 0.3) is 10.9 Å². The number of nitrogens with two attached hydrogens (primary N) is 1. The Balaban J connectivity index is 2.71. The maximum atomic E-state index is 11.5. The highest BCUT2D eigenvalue weighted by Crippen LogP contribution is 2.26. The van der Waals surface area contributed by atoms with Crippen molar-refractivity contribution in [3.63, 3.8) is 0 Å². The van der Waals surface area contributed by atoms with Gasteiger partial charge in [-0.05, 0) is 18.1 Å². The van der Waals surface area contributed by atoms with Crippen molar-refractivity contribution in [3.05, 3.63) is 36.0 Å². The van der Waals surface area contributed by atoms with Crippen LogP contribution in [-0.4, -0.2) is 10.5 Å². The first-order chi connectivity index (χ1) is 7.65. The predicted molar refractivity (Wildman–Crippen MR) is 65.5 cm³/mol. The summed E-state index contributed by atoms with van der Waals surface area (Å²) in [4.78, 5) is 11.5. The molecule has 0 spiro atoms. The molecule has 0 bridgehead atoms. The molecule has 0 amide bonds. The SMILES string of the molecule is CC[C@@H](N)c1cn(C(C)=O)c2ccccc12. The van der Waals surface area contributed by atoms with Crippen molar-refractivity contribution in [1.82, 2.24) is 4.57 Å². The summed E-state index contributed by atoms with van der Waals surface area (Å²) in [6.45, 7) is 3.61. The van der Waals surface area contributed by atoms with Gasteiger partial charge in [0.2, 0.25) is 5.91 Å². The van der Waals surface area contributed by atoms with E-state index in [9.17, 15) is 4.79 Å². The van der Waals surface area contributed by atoms with Crippen LogP contribution in [0.4, 0.5) is 0 Å². The molecule has 0 saturated carbocycles. The minimum absolute atomic E-state index is 0.00880. The van der Waals surface area contributed by atoms with Crippen molar-refractivity contribution in [1.29, 1.82) is 0 Å². The Bertz CT molecular complexity index is 528. The number of para-hydroxylation sites is 1. The lowest BCUT2D eigenvalue weighted by atomic mass is 10.1. The number of benzene rings is 1. The normalized spacial score (nSPS) is 12.9. The van der Waals surface area contributed by atoms with Gasteiger partial charge in [-0.3, -0.25) is 9.36 Å². The van der Waals surface area contributed by atoms with Crippen molar-refractivity contribution in [2.75, 3.05) is 0 Å². The molecule has 0 saturated heterocycles. The molecule has 2 aromatic rings. The number of nitrogens with zero attached hydrogens (tertiary/aromatic N) is 1. The molecule has 0 aliphatic rings. The fourth-order valence-corrected chi connectivity index (χ4v) is 1.98. The highest BCUT2D eigenvalue weighted by molar-refractivity contribution is 5.93. The standard InChI is InChI=1S/C13H16N2O/c1-3-12(14)11-8-15(9(2)16)13-7-5-4-6-10(11)13/h4-8,12H,3,14H2,1-2H3/t12-/m1/s1. The van der Waals surface area contributed by atoms with Gasteiger partial charge >= 0.3 is 0 Å². The molecule has 0 radical (unpaired) electrons. The second-order valence-electron chi connectivity index (χ2n) is 4.01. The highest BCUT2D eigenvalue weighted by atomic mass is 16.1. The summed E-state index contributed by atoms with van der Waals surface area (Å²) >= 11 is 0. The van der Waals surface area contributed by atoms with Gasteiger partial charge in [0.15, 0.2) is 0 Å². The van der Waals surface area contributed by atoms with E-state index in [1.54, 1.807) is 11.5 Å². The second-order valence-corrected chi connectivity index (χ2v) is 4.01. The molecule has 1 aromatic carbocycles. The van der Waals surface area contributed by atoms with E-state index in [1.165, 1.54) is 0 Å². The van der Waals surface area contributed by atoms with Gasteiger partial charge in [0.1, 0.15) is 0 Å². The molecule has 2 rings (SSSR count). The number of hydrogen-bond acceptors (Lipinski definition) is 2. The first kappa shape index (κ1) is 10.9. The van der Waals surface area contributed by atoms with Crippen LogP contribution in [0.2, 0.25) is 0 Å². The molecule has 16 heavy (non-hydrogen) atoms. The Morgan fingerprint density at radius 3 is 2.75 bits per heavy atom. The zero-order valence-corrected chi connectivity index (χ0v) is 9.60. The molecular formula is C13H16N2O. The molecule has 0 unspecified atom stereocenters. The molecule has 0 fully saturated rings. The summed E-state index contributed by atoms with van der Waals surface area (Å²) in [5.74, 6) is 0.0192. The first-order valence-corrected chi connectivity index (χ1v) is 5.51. The van der Waals surface area contributed by atoms with E-state index in [-0.39, 0.29) is 11.9 Å². The molecule has 2 N–H and O–H groups in total. The summed E-state index contributed by atoms with van der Waals surface area (Å²) in [5.41, 5.74) is 8.04. The lowest BCUT2D eigenvalue weighted by Crippen LogP contribution is -2.08. The maximum Gasteiger partial charge on any atom is 0.227 e. The molecule has 1 aromatic heterocycles. The van der Waals surface area contributed by atoms with E-state index >= 15 is 0 Å². The zero-order valence-electron chi connectivity index (χ0n) is 9.60. The number of hydrogen-bond donors (Lipinski definition) is 1. The highest BCUT2D eigenvalue weighted by Gasteiger charge is 2.14. The minimum Gasteiger partial charge on any atom is -0.324 e. The number of rotatable bonds is 2. The van der Waals surface area contributed by atoms with Crippen LogP contribution in [0, 0.1) is 0 Å². The lowest BCUT2D eigenvalue weighted by molar-refractivity contribution is 0.0941. The molecule has 84 valence electrons. The van der Waals surface area contributed by atoms with Gasteiger partial charge in [0.25, 0.3) is 0 Å². The van der Waals surface area contributed by atoms with Gasteiger partial charge in [-0.1, -0.05) is 25.1 Å². The average Bonchev–Trinajstić information content (AvgIpc) is 2.67. The topological polar surface area (TPSA) is 48.0 Å². The summed E-state index contributed by atoms with van der Waals surface area (Å²) in [6.07, 6.45) is 2.73. The molecule has 1 heterocycles. The van der Waals surface area contributed by atoms with Crippen LogP contribution in [0.3, 0.4) is 0 Å². The van der Waals surface area contributed by atoms with Gasteiger partial charge in [-0.15, -0.1) is 0 Å². The molecule has 0 aliphatic carbocycles. The van der Waals surface area contributed by atoms with Crippen molar-refractivity contribution >= 4 is 16.8 Å². The van der Waals surface area contributed by atoms with Gasteiger partial charge < -0.3 is 5.73 Å². The quantitative estimate of drug-likeness (QED) is 0.839. The van der Waals surface area contributed by atoms with Crippen LogP contribution in [0.5, 0.6) is 0 Å². The third-order valence-corrected chi connectivity index (χ3v) is 2.92. The number of carbonyl (C=O) groups is 1. The van der Waals surface area contributed by atoms with Crippen molar-refractivity contribution in [3.8, 4) is 0 Å². The Hall–Kier alpha value is -1.61. The Morgan fingerprint density at radius 2 is 2.12 bits per heavy atom. The average molecular weight is 216 g/mol. The molecule has 3 heteroatoms. The minimum atomic E-state index is -0.00880. The van der Waals surface area contributed by atoms with Crippen molar-refractivity contribution < 1.29 is 4.79 Å².